The van der Waals surface area contributed by atoms with Gasteiger partial charge in [0, 0.05) is 17.3 Å². The largest absolute Gasteiger partial charge is 0.453 e. The van der Waals surface area contributed by atoms with Crippen molar-refractivity contribution in [1.82, 2.24) is 15.1 Å². The zero-order valence-electron chi connectivity index (χ0n) is 19.6. The van der Waals surface area contributed by atoms with Gasteiger partial charge in [0.25, 0.3) is 11.5 Å². The molecule has 0 spiro atoms. The molecule has 2 N–H and O–H groups in total. The summed E-state index contributed by atoms with van der Waals surface area (Å²) in [7, 11) is 0. The highest BCUT2D eigenvalue weighted by Crippen LogP contribution is 2.31. The zero-order chi connectivity index (χ0) is 24.4. The van der Waals surface area contributed by atoms with Crippen LogP contribution in [-0.2, 0) is 0 Å². The van der Waals surface area contributed by atoms with Crippen molar-refractivity contribution in [2.24, 2.45) is 0 Å². The van der Waals surface area contributed by atoms with Crippen LogP contribution in [-0.4, -0.2) is 21.7 Å². The van der Waals surface area contributed by atoms with Gasteiger partial charge in [0.2, 0.25) is 0 Å². The molecule has 0 atom stereocenters. The van der Waals surface area contributed by atoms with E-state index in [1.165, 1.54) is 10.9 Å². The number of hydrogen-bond donors (Lipinski definition) is 2. The first-order valence-electron chi connectivity index (χ1n) is 11.6. The van der Waals surface area contributed by atoms with Crippen LogP contribution in [0.5, 0.6) is 11.5 Å². The third-order valence-corrected chi connectivity index (χ3v) is 6.05. The number of rotatable bonds is 7. The maximum absolute atomic E-state index is 13.5. The van der Waals surface area contributed by atoms with Gasteiger partial charge >= 0.3 is 0 Å². The van der Waals surface area contributed by atoms with Crippen molar-refractivity contribution in [1.29, 1.82) is 0 Å². The molecule has 1 aliphatic carbocycles. The zero-order valence-corrected chi connectivity index (χ0v) is 19.6. The molecule has 1 saturated carbocycles. The summed E-state index contributed by atoms with van der Waals surface area (Å²) in [5.41, 5.74) is 3.84. The number of nitrogens with zero attached hydrogens (tertiary/aromatic N) is 2. The number of amides is 1. The first kappa shape index (κ1) is 22.4. The highest BCUT2D eigenvalue weighted by atomic mass is 16.5. The average Bonchev–Trinajstić information content (AvgIpc) is 3.69. The van der Waals surface area contributed by atoms with E-state index in [4.69, 9.17) is 4.74 Å². The molecule has 3 aromatic carbocycles. The second-order valence-corrected chi connectivity index (χ2v) is 8.69. The minimum Gasteiger partial charge on any atom is -0.453 e. The van der Waals surface area contributed by atoms with E-state index in [-0.39, 0.29) is 17.2 Å². The lowest BCUT2D eigenvalue weighted by Gasteiger charge is -2.16. The predicted molar refractivity (Wildman–Crippen MR) is 136 cm³/mol. The van der Waals surface area contributed by atoms with Crippen LogP contribution in [0.1, 0.15) is 34.3 Å². The summed E-state index contributed by atoms with van der Waals surface area (Å²) in [5.74, 6) is 0.874. The molecule has 0 radical (unpaired) electrons. The van der Waals surface area contributed by atoms with Crippen LogP contribution in [0.2, 0.25) is 0 Å². The molecule has 35 heavy (non-hydrogen) atoms. The summed E-state index contributed by atoms with van der Waals surface area (Å²) in [5, 5.41) is 10.5. The van der Waals surface area contributed by atoms with Crippen molar-refractivity contribution >= 4 is 17.3 Å². The van der Waals surface area contributed by atoms with E-state index in [0.29, 0.717) is 34.5 Å². The Morgan fingerprint density at radius 2 is 1.69 bits per heavy atom. The summed E-state index contributed by atoms with van der Waals surface area (Å²) in [6, 6.07) is 22.3. The molecular weight excluding hydrogens is 440 g/mol. The van der Waals surface area contributed by atoms with Gasteiger partial charge in [-0.2, -0.15) is 9.78 Å². The molecule has 176 valence electrons. The Bertz CT molecular complexity index is 1430. The van der Waals surface area contributed by atoms with Crippen molar-refractivity contribution in [3.05, 3.63) is 106 Å². The molecule has 0 saturated heterocycles. The van der Waals surface area contributed by atoms with Gasteiger partial charge in [0.1, 0.15) is 5.75 Å². The van der Waals surface area contributed by atoms with Gasteiger partial charge in [-0.1, -0.05) is 30.3 Å². The van der Waals surface area contributed by atoms with E-state index in [1.807, 2.05) is 62.4 Å². The van der Waals surface area contributed by atoms with Crippen LogP contribution >= 0.6 is 0 Å². The Hall–Kier alpha value is -4.39. The van der Waals surface area contributed by atoms with Crippen LogP contribution in [0.25, 0.3) is 5.69 Å². The third kappa shape index (κ3) is 4.94. The van der Waals surface area contributed by atoms with Gasteiger partial charge in [-0.3, -0.25) is 9.59 Å². The van der Waals surface area contributed by atoms with E-state index in [0.717, 1.165) is 24.0 Å². The molecule has 5 rings (SSSR count). The van der Waals surface area contributed by atoms with Crippen molar-refractivity contribution < 1.29 is 9.53 Å². The van der Waals surface area contributed by atoms with Gasteiger partial charge in [-0.25, -0.2) is 0 Å². The van der Waals surface area contributed by atoms with Gasteiger partial charge in [-0.15, -0.1) is 0 Å². The quantitative estimate of drug-likeness (QED) is 0.387. The number of hydrogen-bond acceptors (Lipinski definition) is 5. The summed E-state index contributed by atoms with van der Waals surface area (Å²) >= 11 is 0. The molecular formula is C28H26N4O3. The first-order chi connectivity index (χ1) is 17.0. The number of para-hydroxylation sites is 1. The Morgan fingerprint density at radius 1 is 0.943 bits per heavy atom. The SMILES string of the molecule is Cc1cccc(Oc2cnn(-c3ccccc3)c(=O)c2Nc2ccc(C(=O)NC3CC3)cc2)c1C. The summed E-state index contributed by atoms with van der Waals surface area (Å²) in [6.45, 7) is 3.98. The van der Waals surface area contributed by atoms with Crippen molar-refractivity contribution in [2.45, 2.75) is 32.7 Å². The molecule has 1 aromatic heterocycles. The molecule has 0 bridgehead atoms. The number of benzene rings is 3. The number of aryl methyl sites for hydroxylation is 1. The second-order valence-electron chi connectivity index (χ2n) is 8.69. The van der Waals surface area contributed by atoms with Crippen molar-refractivity contribution in [3.63, 3.8) is 0 Å². The molecule has 1 heterocycles. The van der Waals surface area contributed by atoms with E-state index < -0.39 is 0 Å². The number of aromatic nitrogens is 2. The van der Waals surface area contributed by atoms with Crippen LogP contribution < -0.4 is 20.9 Å². The summed E-state index contributed by atoms with van der Waals surface area (Å²) in [4.78, 5) is 25.9. The molecule has 4 aromatic rings. The monoisotopic (exact) mass is 466 g/mol. The minimum atomic E-state index is -0.352. The number of carbonyl (C=O) groups is 1. The van der Waals surface area contributed by atoms with Gasteiger partial charge in [0.15, 0.2) is 11.4 Å². The van der Waals surface area contributed by atoms with Gasteiger partial charge < -0.3 is 15.4 Å². The van der Waals surface area contributed by atoms with Crippen molar-refractivity contribution in [2.75, 3.05) is 5.32 Å². The first-order valence-corrected chi connectivity index (χ1v) is 11.6. The van der Waals surface area contributed by atoms with E-state index in [2.05, 4.69) is 15.7 Å². The second kappa shape index (κ2) is 9.46. The molecule has 0 aliphatic heterocycles. The van der Waals surface area contributed by atoms with E-state index in [9.17, 15) is 9.59 Å². The maximum atomic E-state index is 13.5. The fourth-order valence-electron chi connectivity index (χ4n) is 3.68. The normalized spacial score (nSPS) is 12.7. The molecule has 1 amide bonds. The van der Waals surface area contributed by atoms with Crippen molar-refractivity contribution in [3.8, 4) is 17.2 Å². The summed E-state index contributed by atoms with van der Waals surface area (Å²) < 4.78 is 7.50. The molecule has 1 aliphatic rings. The topological polar surface area (TPSA) is 85.2 Å². The van der Waals surface area contributed by atoms with E-state index in [1.54, 1.807) is 24.3 Å². The van der Waals surface area contributed by atoms with E-state index >= 15 is 0 Å². The lowest BCUT2D eigenvalue weighted by Crippen LogP contribution is -2.25. The Kier molecular flexibility index (Phi) is 6.06. The maximum Gasteiger partial charge on any atom is 0.299 e. The smallest absolute Gasteiger partial charge is 0.299 e. The van der Waals surface area contributed by atoms with Crippen LogP contribution in [0.3, 0.4) is 0 Å². The fourth-order valence-corrected chi connectivity index (χ4v) is 3.68. The molecule has 7 heteroatoms. The minimum absolute atomic E-state index is 0.0895. The lowest BCUT2D eigenvalue weighted by atomic mass is 10.1. The van der Waals surface area contributed by atoms with Crippen LogP contribution in [0, 0.1) is 13.8 Å². The van der Waals surface area contributed by atoms with Crippen LogP contribution in [0.4, 0.5) is 11.4 Å². The Balaban J connectivity index is 1.50. The number of nitrogens with one attached hydrogen (secondary N) is 2. The highest BCUT2D eigenvalue weighted by Gasteiger charge is 2.23. The highest BCUT2D eigenvalue weighted by molar-refractivity contribution is 5.95. The predicted octanol–water partition coefficient (Wildman–Crippen LogP) is 5.28. The standard InChI is InChI=1S/C28H26N4O3/c1-18-7-6-10-24(19(18)2)35-25-17-29-32(23-8-4-3-5-9-23)28(34)26(25)30-21-13-11-20(12-14-21)27(33)31-22-15-16-22/h3-14,17,22,30H,15-16H2,1-2H3,(H,31,33). The lowest BCUT2D eigenvalue weighted by molar-refractivity contribution is 0.0951. The molecule has 1 fully saturated rings. The fraction of sp³-hybridized carbons (Fsp3) is 0.179. The number of anilines is 2. The third-order valence-electron chi connectivity index (χ3n) is 6.05. The van der Waals surface area contributed by atoms with Crippen LogP contribution in [0.15, 0.2) is 83.8 Å². The Morgan fingerprint density at radius 3 is 2.40 bits per heavy atom. The Labute approximate surface area is 203 Å². The number of ether oxygens (including phenoxy) is 1. The average molecular weight is 467 g/mol. The summed E-state index contributed by atoms with van der Waals surface area (Å²) in [6.07, 6.45) is 3.60. The van der Waals surface area contributed by atoms with Gasteiger partial charge in [-0.05, 0) is 80.3 Å². The number of carbonyl (C=O) groups excluding carboxylic acids is 1. The van der Waals surface area contributed by atoms with Gasteiger partial charge in [0.05, 0.1) is 11.9 Å². The molecule has 7 nitrogen and oxygen atoms in total. The molecule has 0 unspecified atom stereocenters.